The van der Waals surface area contributed by atoms with Gasteiger partial charge in [0.15, 0.2) is 13.9 Å². The van der Waals surface area contributed by atoms with Crippen LogP contribution < -0.4 is 4.90 Å². The number of hydrogen-bond donors (Lipinski definition) is 2. The van der Waals surface area contributed by atoms with Gasteiger partial charge in [-0.2, -0.15) is 0 Å². The molecular formula is C22H31IN2O5Si. The fourth-order valence-electron chi connectivity index (χ4n) is 6.00. The molecule has 31 heavy (non-hydrogen) atoms. The maximum Gasteiger partial charge on any atom is 0.264 e. The molecule has 9 heteroatoms. The predicted molar refractivity (Wildman–Crippen MR) is 128 cm³/mol. The van der Waals surface area contributed by atoms with Crippen molar-refractivity contribution in [1.29, 1.82) is 0 Å². The molecule has 0 aromatic heterocycles. The summed E-state index contributed by atoms with van der Waals surface area (Å²) in [5.41, 5.74) is 0.190. The molecule has 3 aliphatic heterocycles. The highest BCUT2D eigenvalue weighted by molar-refractivity contribution is 14.1. The SMILES string of the molecule is C[C@H]1[C@H]([Si](C)(C)O)[C@@H](CC(=O)N2CCC[C@H]2CO)O[C@]12C(=O)N(C)c1ccc(I)cc12. The van der Waals surface area contributed by atoms with Crippen molar-refractivity contribution in [3.8, 4) is 0 Å². The average Bonchev–Trinajstić information content (AvgIpc) is 3.33. The first kappa shape index (κ1) is 23.2. The summed E-state index contributed by atoms with van der Waals surface area (Å²) in [6.07, 6.45) is 1.24. The third-order valence-corrected chi connectivity index (χ3v) is 10.5. The van der Waals surface area contributed by atoms with Crippen molar-refractivity contribution in [2.75, 3.05) is 25.1 Å². The minimum absolute atomic E-state index is 0.0453. The Labute approximate surface area is 198 Å². The predicted octanol–water partition coefficient (Wildman–Crippen LogP) is 2.44. The zero-order valence-corrected chi connectivity index (χ0v) is 21.6. The van der Waals surface area contributed by atoms with Crippen molar-refractivity contribution in [2.24, 2.45) is 5.92 Å². The Balaban J connectivity index is 1.73. The molecule has 2 amide bonds. The van der Waals surface area contributed by atoms with E-state index in [-0.39, 0.29) is 42.3 Å². The number of nitrogens with zero attached hydrogens (tertiary/aromatic N) is 2. The summed E-state index contributed by atoms with van der Waals surface area (Å²) in [7, 11) is -1.03. The van der Waals surface area contributed by atoms with Crippen molar-refractivity contribution in [3.05, 3.63) is 27.3 Å². The molecule has 0 saturated carbocycles. The van der Waals surface area contributed by atoms with Gasteiger partial charge in [-0.1, -0.05) is 6.92 Å². The summed E-state index contributed by atoms with van der Waals surface area (Å²) >= 11 is 2.23. The Morgan fingerprint density at radius 1 is 1.39 bits per heavy atom. The lowest BCUT2D eigenvalue weighted by Crippen LogP contribution is -2.45. The highest BCUT2D eigenvalue weighted by atomic mass is 127. The molecule has 1 spiro atoms. The Bertz CT molecular complexity index is 906. The maximum absolute atomic E-state index is 13.6. The van der Waals surface area contributed by atoms with E-state index >= 15 is 0 Å². The molecule has 3 heterocycles. The molecule has 5 atom stereocenters. The van der Waals surface area contributed by atoms with Crippen LogP contribution in [0.15, 0.2) is 18.2 Å². The lowest BCUT2D eigenvalue weighted by atomic mass is 9.82. The van der Waals surface area contributed by atoms with Crippen LogP contribution in [0.1, 0.15) is 31.7 Å². The first-order valence-corrected chi connectivity index (χ1v) is 15.0. The topological polar surface area (TPSA) is 90.3 Å². The molecule has 0 radical (unpaired) electrons. The fourth-order valence-corrected chi connectivity index (χ4v) is 9.04. The number of ether oxygens (including phenoxy) is 1. The summed E-state index contributed by atoms with van der Waals surface area (Å²) in [4.78, 5) is 41.3. The van der Waals surface area contributed by atoms with E-state index in [1.807, 2.05) is 38.2 Å². The Hall–Kier alpha value is -1.01. The molecule has 0 aliphatic carbocycles. The highest BCUT2D eigenvalue weighted by Gasteiger charge is 2.66. The summed E-state index contributed by atoms with van der Waals surface area (Å²) in [6, 6.07) is 5.74. The first-order valence-electron chi connectivity index (χ1n) is 10.9. The Morgan fingerprint density at radius 3 is 2.74 bits per heavy atom. The first-order chi connectivity index (χ1) is 14.5. The van der Waals surface area contributed by atoms with E-state index in [9.17, 15) is 19.5 Å². The summed E-state index contributed by atoms with van der Waals surface area (Å²) < 4.78 is 7.60. The average molecular weight is 558 g/mol. The fraction of sp³-hybridized carbons (Fsp3) is 0.636. The van der Waals surface area contributed by atoms with Gasteiger partial charge in [0.05, 0.1) is 30.9 Å². The Kier molecular flexibility index (Phi) is 6.04. The van der Waals surface area contributed by atoms with E-state index < -0.39 is 20.0 Å². The number of rotatable bonds is 4. The van der Waals surface area contributed by atoms with E-state index in [0.29, 0.717) is 6.54 Å². The number of amides is 2. The summed E-state index contributed by atoms with van der Waals surface area (Å²) in [5, 5.41) is 9.63. The van der Waals surface area contributed by atoms with E-state index in [2.05, 4.69) is 22.6 Å². The number of aliphatic hydroxyl groups excluding tert-OH is 1. The van der Waals surface area contributed by atoms with Gasteiger partial charge in [0.25, 0.3) is 5.91 Å². The van der Waals surface area contributed by atoms with Crippen LogP contribution in [0.4, 0.5) is 5.69 Å². The molecule has 2 saturated heterocycles. The molecule has 1 aromatic rings. The molecule has 2 N–H and O–H groups in total. The number of anilines is 1. The second kappa shape index (κ2) is 8.09. The zero-order chi connectivity index (χ0) is 22.7. The number of carbonyl (C=O) groups excluding carboxylic acids is 2. The molecule has 0 bridgehead atoms. The molecule has 4 rings (SSSR count). The van der Waals surface area contributed by atoms with Crippen LogP contribution in [0, 0.1) is 9.49 Å². The van der Waals surface area contributed by atoms with Crippen molar-refractivity contribution in [1.82, 2.24) is 4.90 Å². The Morgan fingerprint density at radius 2 is 2.10 bits per heavy atom. The third kappa shape index (κ3) is 3.56. The van der Waals surface area contributed by atoms with Crippen molar-refractivity contribution >= 4 is 48.4 Å². The highest BCUT2D eigenvalue weighted by Crippen LogP contribution is 2.59. The molecule has 2 fully saturated rings. The van der Waals surface area contributed by atoms with Gasteiger partial charge >= 0.3 is 0 Å². The number of hydrogen-bond acceptors (Lipinski definition) is 5. The molecule has 7 nitrogen and oxygen atoms in total. The lowest BCUT2D eigenvalue weighted by Gasteiger charge is -2.32. The van der Waals surface area contributed by atoms with Crippen LogP contribution in [0.5, 0.6) is 0 Å². The largest absolute Gasteiger partial charge is 0.432 e. The number of fused-ring (bicyclic) bond motifs is 2. The maximum atomic E-state index is 13.6. The van der Waals surface area contributed by atoms with Crippen LogP contribution in [-0.4, -0.2) is 67.3 Å². The smallest absolute Gasteiger partial charge is 0.264 e. The minimum Gasteiger partial charge on any atom is -0.432 e. The third-order valence-electron chi connectivity index (χ3n) is 7.36. The van der Waals surface area contributed by atoms with Gasteiger partial charge in [0.1, 0.15) is 0 Å². The van der Waals surface area contributed by atoms with Crippen molar-refractivity contribution in [2.45, 2.75) is 62.6 Å². The van der Waals surface area contributed by atoms with Crippen molar-refractivity contribution < 1.29 is 24.2 Å². The number of aliphatic hydroxyl groups is 1. The van der Waals surface area contributed by atoms with Gasteiger partial charge in [-0.3, -0.25) is 9.59 Å². The zero-order valence-electron chi connectivity index (χ0n) is 18.5. The monoisotopic (exact) mass is 558 g/mol. The molecular weight excluding hydrogens is 527 g/mol. The molecule has 170 valence electrons. The van der Waals surface area contributed by atoms with Crippen LogP contribution in [0.25, 0.3) is 0 Å². The minimum atomic E-state index is -2.78. The van der Waals surface area contributed by atoms with Crippen LogP contribution in [0.3, 0.4) is 0 Å². The summed E-state index contributed by atoms with van der Waals surface area (Å²) in [5.74, 6) is -0.473. The standard InChI is InChI=1S/C22H31IN2O5Si/c1-13-20(31(3,4)29)18(11-19(27)25-9-5-6-15(25)12-26)30-22(13)16-10-14(23)7-8-17(16)24(2)21(22)28/h7-8,10,13,15,18,20,26,29H,5-6,9,11-12H2,1-4H3/t13-,15-,18+,20-,22+/m0/s1. The van der Waals surface area contributed by atoms with Gasteiger partial charge in [-0.15, -0.1) is 0 Å². The van der Waals surface area contributed by atoms with Crippen LogP contribution >= 0.6 is 22.6 Å². The van der Waals surface area contributed by atoms with E-state index in [1.165, 1.54) is 0 Å². The second-order valence-electron chi connectivity index (χ2n) is 9.66. The van der Waals surface area contributed by atoms with E-state index in [4.69, 9.17) is 4.74 Å². The summed E-state index contributed by atoms with van der Waals surface area (Å²) in [6.45, 7) is 6.28. The number of carbonyl (C=O) groups is 2. The molecule has 1 aromatic carbocycles. The van der Waals surface area contributed by atoms with E-state index in [1.54, 1.807) is 16.8 Å². The van der Waals surface area contributed by atoms with Gasteiger partial charge in [0.2, 0.25) is 5.91 Å². The number of benzene rings is 1. The van der Waals surface area contributed by atoms with Gasteiger partial charge in [0, 0.05) is 34.2 Å². The van der Waals surface area contributed by atoms with Gasteiger partial charge in [-0.25, -0.2) is 0 Å². The van der Waals surface area contributed by atoms with E-state index in [0.717, 1.165) is 27.7 Å². The molecule has 0 unspecified atom stereocenters. The molecule has 3 aliphatic rings. The normalized spacial score (nSPS) is 32.9. The van der Waals surface area contributed by atoms with Crippen molar-refractivity contribution in [3.63, 3.8) is 0 Å². The quantitative estimate of drug-likeness (QED) is 0.438. The number of halogens is 1. The second-order valence-corrected chi connectivity index (χ2v) is 14.9. The van der Waals surface area contributed by atoms with Crippen LogP contribution in [-0.2, 0) is 19.9 Å². The van der Waals surface area contributed by atoms with Crippen LogP contribution in [0.2, 0.25) is 18.6 Å². The van der Waals surface area contributed by atoms with Gasteiger partial charge < -0.3 is 24.4 Å². The van der Waals surface area contributed by atoms with Gasteiger partial charge in [-0.05, 0) is 66.7 Å². The lowest BCUT2D eigenvalue weighted by molar-refractivity contribution is -0.149. The number of likely N-dealkylation sites (tertiary alicyclic amines) is 1. The number of likely N-dealkylation sites (N-methyl/N-ethyl adjacent to an activating group) is 1.